The van der Waals surface area contributed by atoms with Crippen LogP contribution in [-0.2, 0) is 0 Å². The van der Waals surface area contributed by atoms with Crippen LogP contribution in [0, 0.1) is 0 Å². The molecule has 0 N–H and O–H groups in total. The molecule has 1 aliphatic rings. The van der Waals surface area contributed by atoms with Gasteiger partial charge in [-0.3, -0.25) is 0 Å². The first-order valence-corrected chi connectivity index (χ1v) is 2.61. The summed E-state index contributed by atoms with van der Waals surface area (Å²) in [6.45, 7) is 0. The molecule has 0 saturated carbocycles. The van der Waals surface area contributed by atoms with E-state index in [-0.39, 0.29) is 0 Å². The lowest BCUT2D eigenvalue weighted by Gasteiger charge is -1.66. The minimum Gasteiger partial charge on any atom is -0.198 e. The molecule has 0 bridgehead atoms. The summed E-state index contributed by atoms with van der Waals surface area (Å²) in [5, 5.41) is 0. The summed E-state index contributed by atoms with van der Waals surface area (Å²) in [4.78, 5) is 0. The van der Waals surface area contributed by atoms with Crippen molar-refractivity contribution < 1.29 is 0 Å². The summed E-state index contributed by atoms with van der Waals surface area (Å²) in [6.07, 6.45) is 0. The molecule has 0 atom stereocenters. The van der Waals surface area contributed by atoms with Crippen molar-refractivity contribution in [3.8, 4) is 0 Å². The van der Waals surface area contributed by atoms with E-state index in [1.54, 1.807) is 5.55 Å². The first kappa shape index (κ1) is 3.52. The molecule has 0 spiro atoms. The quantitative estimate of drug-likeness (QED) is 0.427. The Labute approximate surface area is 38.8 Å². The lowest BCUT2D eigenvalue weighted by molar-refractivity contribution is 1.74. The van der Waals surface area contributed by atoms with Crippen LogP contribution in [0.2, 0.25) is 0 Å². The molecular weight excluding hydrogens is 104 g/mol. The molecule has 2 nitrogen and oxygen atoms in total. The minimum atomic E-state index is 1.23. The Morgan fingerprint density at radius 3 is 2.80 bits per heavy atom. The first-order valence-electron chi connectivity index (χ1n) is 1.04. The maximum Gasteiger partial charge on any atom is 0.0913 e. The van der Waals surface area contributed by atoms with Gasteiger partial charge in [0.25, 0.3) is 0 Å². The zero-order valence-corrected chi connectivity index (χ0v) is 3.92. The third-order valence-corrected chi connectivity index (χ3v) is 1.36. The normalized spacial score (nSPS) is 20.8. The Kier molecular flexibility index (Phi) is 1.19. The van der Waals surface area contributed by atoms with E-state index >= 15 is 0 Å². The van der Waals surface area contributed by atoms with E-state index in [0.717, 1.165) is 0 Å². The fraction of sp³-hybridized carbons (Fsp3) is 0. The van der Waals surface area contributed by atoms with Crippen LogP contribution in [0.4, 0.5) is 0 Å². The van der Waals surface area contributed by atoms with E-state index in [1.807, 2.05) is 0 Å². The standard InChI is InChI=1S/CHN2S2/c1-2-5-3-4-1/h1H. The molecule has 0 unspecified atom stereocenters. The molecule has 0 aromatic rings. The Morgan fingerprint density at radius 1 is 1.60 bits per heavy atom. The third-order valence-electron chi connectivity index (χ3n) is 0.214. The van der Waals surface area contributed by atoms with Gasteiger partial charge in [-0.15, -0.1) is 0 Å². The van der Waals surface area contributed by atoms with Crippen LogP contribution in [-0.4, -0.2) is 5.55 Å². The summed E-state index contributed by atoms with van der Waals surface area (Å²) in [7, 11) is 0. The highest BCUT2D eigenvalue weighted by atomic mass is 32.2. The molecule has 1 rings (SSSR count). The Hall–Kier alpha value is 0.330. The fourth-order valence-corrected chi connectivity index (χ4v) is 0.866. The Morgan fingerprint density at radius 2 is 2.60 bits per heavy atom. The summed E-state index contributed by atoms with van der Waals surface area (Å²) in [5.74, 6) is 0. The van der Waals surface area contributed by atoms with E-state index in [4.69, 9.17) is 0 Å². The van der Waals surface area contributed by atoms with E-state index in [0.29, 0.717) is 0 Å². The molecule has 27 valence electrons. The number of hydrogen-bond acceptors (Lipinski definition) is 3. The monoisotopic (exact) mass is 105 g/mol. The highest BCUT2D eigenvalue weighted by Gasteiger charge is 1.89. The van der Waals surface area contributed by atoms with Crippen LogP contribution >= 0.6 is 24.1 Å². The van der Waals surface area contributed by atoms with E-state index < -0.39 is 0 Å². The van der Waals surface area contributed by atoms with Gasteiger partial charge in [0.05, 0.1) is 17.7 Å². The van der Waals surface area contributed by atoms with Gasteiger partial charge in [0.2, 0.25) is 0 Å². The summed E-state index contributed by atoms with van der Waals surface area (Å²) in [5.41, 5.74) is 1.70. The highest BCUT2D eigenvalue weighted by Crippen LogP contribution is 2.12. The second-order valence-electron chi connectivity index (χ2n) is 0.472. The van der Waals surface area contributed by atoms with Crippen molar-refractivity contribution >= 4 is 29.6 Å². The zero-order chi connectivity index (χ0) is 3.54. The minimum absolute atomic E-state index is 1.23. The van der Waals surface area contributed by atoms with Crippen LogP contribution < -0.4 is 4.13 Å². The molecule has 1 radical (unpaired) electrons. The smallest absolute Gasteiger partial charge is 0.0913 e. The molecule has 1 heterocycles. The van der Waals surface area contributed by atoms with Gasteiger partial charge < -0.3 is 0 Å². The van der Waals surface area contributed by atoms with Crippen molar-refractivity contribution in [2.24, 2.45) is 4.40 Å². The molecule has 0 aromatic heterocycles. The van der Waals surface area contributed by atoms with Crippen molar-refractivity contribution in [2.45, 2.75) is 0 Å². The lowest BCUT2D eigenvalue weighted by atomic mass is 11.7. The maximum atomic E-state index is 3.69. The molecule has 0 aromatic carbocycles. The van der Waals surface area contributed by atoms with Crippen molar-refractivity contribution in [2.75, 3.05) is 0 Å². The molecule has 0 saturated heterocycles. The van der Waals surface area contributed by atoms with Gasteiger partial charge >= 0.3 is 0 Å². The molecule has 0 aliphatic carbocycles. The predicted molar refractivity (Wildman–Crippen MR) is 25.8 cm³/mol. The molecule has 0 fully saturated rings. The summed E-state index contributed by atoms with van der Waals surface area (Å²) in [6, 6.07) is 0. The van der Waals surface area contributed by atoms with Crippen molar-refractivity contribution in [1.82, 2.24) is 4.13 Å². The van der Waals surface area contributed by atoms with Crippen LogP contribution in [0.25, 0.3) is 0 Å². The highest BCUT2D eigenvalue weighted by molar-refractivity contribution is 8.22. The number of hydrogen-bond donors (Lipinski definition) is 0. The van der Waals surface area contributed by atoms with E-state index in [2.05, 4.69) is 8.53 Å². The summed E-state index contributed by atoms with van der Waals surface area (Å²) < 4.78 is 7.37. The SMILES string of the molecule is C1=NS[N]S1. The Balaban J connectivity index is 2.32. The van der Waals surface area contributed by atoms with Crippen molar-refractivity contribution in [3.63, 3.8) is 0 Å². The van der Waals surface area contributed by atoms with Gasteiger partial charge in [-0.25, -0.2) is 0 Å². The maximum absolute atomic E-state index is 3.69. The van der Waals surface area contributed by atoms with Crippen molar-refractivity contribution in [1.29, 1.82) is 0 Å². The largest absolute Gasteiger partial charge is 0.198 e. The average Bonchev–Trinajstić information content (AvgIpc) is 1.76. The van der Waals surface area contributed by atoms with Gasteiger partial charge in [0.1, 0.15) is 0 Å². The molecule has 4 heteroatoms. The van der Waals surface area contributed by atoms with E-state index in [9.17, 15) is 0 Å². The second-order valence-corrected chi connectivity index (χ2v) is 1.86. The van der Waals surface area contributed by atoms with Crippen LogP contribution in [0.3, 0.4) is 0 Å². The third kappa shape index (κ3) is 0.827. The van der Waals surface area contributed by atoms with Crippen molar-refractivity contribution in [3.05, 3.63) is 0 Å². The predicted octanol–water partition coefficient (Wildman–Crippen LogP) is 0.844. The average molecular weight is 105 g/mol. The molecule has 0 amide bonds. The van der Waals surface area contributed by atoms with Gasteiger partial charge in [-0.05, 0) is 0 Å². The number of nitrogens with zero attached hydrogens (tertiary/aromatic N) is 2. The second kappa shape index (κ2) is 1.69. The zero-order valence-electron chi connectivity index (χ0n) is 2.29. The Bertz CT molecular complexity index is 45.6. The lowest BCUT2D eigenvalue weighted by Crippen LogP contribution is -1.60. The molecule has 1 aliphatic heterocycles. The number of rotatable bonds is 0. The van der Waals surface area contributed by atoms with Crippen LogP contribution in [0.15, 0.2) is 4.40 Å². The van der Waals surface area contributed by atoms with Gasteiger partial charge in [0.15, 0.2) is 0 Å². The van der Waals surface area contributed by atoms with Gasteiger partial charge in [0, 0.05) is 11.9 Å². The van der Waals surface area contributed by atoms with Crippen LogP contribution in [0.1, 0.15) is 0 Å². The molecule has 5 heavy (non-hydrogen) atoms. The fourth-order valence-electron chi connectivity index (χ4n) is 0.0962. The van der Waals surface area contributed by atoms with Gasteiger partial charge in [-0.1, -0.05) is 4.13 Å². The van der Waals surface area contributed by atoms with Crippen LogP contribution in [0.5, 0.6) is 0 Å². The van der Waals surface area contributed by atoms with E-state index in [1.165, 1.54) is 24.1 Å². The molecular formula is CHN2S2. The topological polar surface area (TPSA) is 26.5 Å². The summed E-state index contributed by atoms with van der Waals surface area (Å²) >= 11 is 2.60. The van der Waals surface area contributed by atoms with Gasteiger partial charge in [-0.2, -0.15) is 4.40 Å². The first-order chi connectivity index (χ1) is 2.50.